The monoisotopic (exact) mass is 861 g/mol. The molecule has 8 rings (SSSR count). The molecule has 4 heterocycles. The molecule has 2 spiro atoms. The summed E-state index contributed by atoms with van der Waals surface area (Å²) in [6.07, 6.45) is 10.7. The molecule has 9 heteroatoms. The van der Waals surface area contributed by atoms with E-state index < -0.39 is 5.60 Å². The Labute approximate surface area is 345 Å². The molecule has 0 radical (unpaired) electrons. The molecule has 0 amide bonds. The van der Waals surface area contributed by atoms with Gasteiger partial charge in [0.2, 0.25) is 5.95 Å². The fourth-order valence-electron chi connectivity index (χ4n) is 9.20. The van der Waals surface area contributed by atoms with Gasteiger partial charge in [0.05, 0.1) is 6.42 Å². The smallest absolute Gasteiger partial charge is 0.306 e. The maximum atomic E-state index is 12.8. The summed E-state index contributed by atoms with van der Waals surface area (Å²) in [6.45, 7) is 17.9. The van der Waals surface area contributed by atoms with E-state index in [2.05, 4.69) is 88.6 Å². The van der Waals surface area contributed by atoms with E-state index in [9.17, 15) is 9.18 Å². The Hall–Kier alpha value is -3.41. The average Bonchev–Trinajstić information content (AvgIpc) is 3.58. The number of pyridine rings is 2. The predicted octanol–water partition coefficient (Wildman–Crippen LogP) is 9.42. The standard InChI is InChI=1S/C26H34N2O2.C13H18N2.C7H8FN.HI/c1-18-10-13-27-24(19(18)2)28-14-11-26(12-15-28)17-20-8-6-7-9-21(20)22(26)16-23(29)30-25(3,4)5;14-12-11-4-2-1-3-10(11)9-13(12)5-7-15-8-6-13;1-5-3-4-9-7(8)6(5)2;/h6-10,13,22H,11-12,14-17H2,1-5H3;1-4,12,15H,5-9,14H2;3-4H,1-2H3;1H/t22-;12-;;/m11../s1. The quantitative estimate of drug-likeness (QED) is 0.121. The van der Waals surface area contributed by atoms with Gasteiger partial charge in [-0.05, 0) is 162 Å². The number of benzene rings is 2. The maximum Gasteiger partial charge on any atom is 0.306 e. The van der Waals surface area contributed by atoms with Crippen LogP contribution in [0.3, 0.4) is 0 Å². The minimum Gasteiger partial charge on any atom is -0.460 e. The second kappa shape index (κ2) is 17.8. The number of nitrogens with zero attached hydrogens (tertiary/aromatic N) is 3. The number of nitrogens with two attached hydrogens (primary N) is 1. The molecule has 2 saturated heterocycles. The van der Waals surface area contributed by atoms with Crippen molar-refractivity contribution in [3.05, 3.63) is 124 Å². The number of hydrogen-bond donors (Lipinski definition) is 2. The van der Waals surface area contributed by atoms with Crippen molar-refractivity contribution in [2.24, 2.45) is 16.6 Å². The summed E-state index contributed by atoms with van der Waals surface area (Å²) in [7, 11) is 0. The number of nitrogens with one attached hydrogen (secondary N) is 1. The molecule has 4 aliphatic rings. The maximum absolute atomic E-state index is 12.8. The van der Waals surface area contributed by atoms with Gasteiger partial charge in [0.25, 0.3) is 0 Å². The van der Waals surface area contributed by atoms with Crippen LogP contribution in [0.15, 0.2) is 73.1 Å². The predicted molar refractivity (Wildman–Crippen MR) is 232 cm³/mol. The van der Waals surface area contributed by atoms with Crippen LogP contribution in [0.25, 0.3) is 0 Å². The van der Waals surface area contributed by atoms with E-state index in [1.807, 2.05) is 33.9 Å². The molecule has 296 valence electrons. The molecule has 0 bridgehead atoms. The molecule has 4 aromatic rings. The summed E-state index contributed by atoms with van der Waals surface area (Å²) in [5.74, 6) is 0.901. The third-order valence-electron chi connectivity index (χ3n) is 12.6. The van der Waals surface area contributed by atoms with Crippen LogP contribution < -0.4 is 16.0 Å². The lowest BCUT2D eigenvalue weighted by molar-refractivity contribution is -0.156. The number of carbonyl (C=O) groups is 1. The van der Waals surface area contributed by atoms with E-state index in [0.29, 0.717) is 17.4 Å². The summed E-state index contributed by atoms with van der Waals surface area (Å²) in [4.78, 5) is 23.4. The van der Waals surface area contributed by atoms with Crippen LogP contribution in [-0.4, -0.2) is 47.7 Å². The van der Waals surface area contributed by atoms with Crippen molar-refractivity contribution in [1.82, 2.24) is 15.3 Å². The van der Waals surface area contributed by atoms with Gasteiger partial charge in [-0.15, -0.1) is 24.0 Å². The van der Waals surface area contributed by atoms with Crippen molar-refractivity contribution in [2.45, 2.75) is 111 Å². The molecule has 2 atom stereocenters. The van der Waals surface area contributed by atoms with Gasteiger partial charge in [-0.25, -0.2) is 9.97 Å². The van der Waals surface area contributed by atoms with E-state index in [0.717, 1.165) is 56.8 Å². The molecule has 2 aromatic carbocycles. The summed E-state index contributed by atoms with van der Waals surface area (Å²) in [5, 5.41) is 3.43. The van der Waals surface area contributed by atoms with E-state index in [1.54, 1.807) is 13.0 Å². The Morgan fingerprint density at radius 3 is 1.95 bits per heavy atom. The summed E-state index contributed by atoms with van der Waals surface area (Å²) in [6, 6.07) is 21.5. The lowest BCUT2D eigenvalue weighted by Crippen LogP contribution is -2.43. The minimum absolute atomic E-state index is 0. The Morgan fingerprint density at radius 1 is 0.818 bits per heavy atom. The Kier molecular flexibility index (Phi) is 13.8. The van der Waals surface area contributed by atoms with Crippen molar-refractivity contribution in [3.8, 4) is 0 Å². The first-order valence-corrected chi connectivity index (χ1v) is 19.8. The van der Waals surface area contributed by atoms with Crippen molar-refractivity contribution in [2.75, 3.05) is 31.1 Å². The number of esters is 1. The van der Waals surface area contributed by atoms with Crippen LogP contribution in [0.5, 0.6) is 0 Å². The number of halogens is 2. The number of aromatic nitrogens is 2. The summed E-state index contributed by atoms with van der Waals surface area (Å²) >= 11 is 0. The number of fused-ring (bicyclic) bond motifs is 2. The van der Waals surface area contributed by atoms with Crippen molar-refractivity contribution in [1.29, 1.82) is 0 Å². The van der Waals surface area contributed by atoms with E-state index in [-0.39, 0.29) is 53.3 Å². The Bertz CT molecular complexity index is 1910. The van der Waals surface area contributed by atoms with Crippen molar-refractivity contribution >= 4 is 35.8 Å². The molecule has 2 aliphatic heterocycles. The third kappa shape index (κ3) is 9.59. The lowest BCUT2D eigenvalue weighted by atomic mass is 9.68. The highest BCUT2D eigenvalue weighted by molar-refractivity contribution is 14.0. The molecule has 2 fully saturated rings. The largest absolute Gasteiger partial charge is 0.460 e. The van der Waals surface area contributed by atoms with Crippen molar-refractivity contribution in [3.63, 3.8) is 0 Å². The summed E-state index contributed by atoms with van der Waals surface area (Å²) < 4.78 is 18.2. The zero-order chi connectivity index (χ0) is 38.7. The third-order valence-corrected chi connectivity index (χ3v) is 12.6. The highest BCUT2D eigenvalue weighted by Crippen LogP contribution is 2.55. The first-order chi connectivity index (χ1) is 25.7. The number of rotatable bonds is 3. The van der Waals surface area contributed by atoms with Crippen molar-refractivity contribution < 1.29 is 13.9 Å². The van der Waals surface area contributed by atoms with E-state index in [4.69, 9.17) is 10.5 Å². The molecule has 55 heavy (non-hydrogen) atoms. The van der Waals surface area contributed by atoms with Crippen LogP contribution in [0.2, 0.25) is 0 Å². The van der Waals surface area contributed by atoms with Crippen LogP contribution in [-0.2, 0) is 22.4 Å². The van der Waals surface area contributed by atoms with Crippen LogP contribution in [0.1, 0.15) is 109 Å². The topological polar surface area (TPSA) is 93.4 Å². The number of piperidine rings is 2. The molecular weight excluding hydrogens is 800 g/mol. The number of carbonyl (C=O) groups excluding carboxylic acids is 1. The van der Waals surface area contributed by atoms with Gasteiger partial charge in [0.1, 0.15) is 11.4 Å². The Morgan fingerprint density at radius 2 is 1.36 bits per heavy atom. The van der Waals surface area contributed by atoms with Crippen LogP contribution in [0, 0.1) is 44.5 Å². The molecule has 3 N–H and O–H groups in total. The molecule has 0 saturated carbocycles. The molecular formula is C46H61FIN5O2. The SMILES string of the molecule is Cc1ccnc(F)c1C.Cc1ccnc(N2CCC3(CC2)Cc2ccccc2[C@H]3CC(=O)OC(C)(C)C)c1C.I.N[C@@H]1c2ccccc2CC12CCNCC2. The molecule has 2 aliphatic carbocycles. The summed E-state index contributed by atoms with van der Waals surface area (Å²) in [5.41, 5.74) is 16.2. The van der Waals surface area contributed by atoms with Gasteiger partial charge in [-0.2, -0.15) is 4.39 Å². The first kappa shape index (κ1) is 42.7. The van der Waals surface area contributed by atoms with Crippen LogP contribution in [0.4, 0.5) is 10.2 Å². The average molecular weight is 862 g/mol. The number of aryl methyl sites for hydroxylation is 2. The van der Waals surface area contributed by atoms with Gasteiger partial charge >= 0.3 is 5.97 Å². The fraction of sp³-hybridized carbons (Fsp3) is 0.500. The Balaban J connectivity index is 0.000000191. The second-order valence-electron chi connectivity index (χ2n) is 17.2. The van der Waals surface area contributed by atoms with Gasteiger partial charge in [-0.1, -0.05) is 48.5 Å². The van der Waals surface area contributed by atoms with Crippen LogP contribution >= 0.6 is 24.0 Å². The molecule has 7 nitrogen and oxygen atoms in total. The van der Waals surface area contributed by atoms with E-state index in [1.165, 1.54) is 58.8 Å². The molecule has 0 unspecified atom stereocenters. The van der Waals surface area contributed by atoms with Gasteiger partial charge in [-0.3, -0.25) is 4.79 Å². The lowest BCUT2D eigenvalue weighted by Gasteiger charge is -2.44. The van der Waals surface area contributed by atoms with Gasteiger partial charge < -0.3 is 20.7 Å². The second-order valence-corrected chi connectivity index (χ2v) is 17.2. The zero-order valence-electron chi connectivity index (χ0n) is 33.9. The van der Waals surface area contributed by atoms with Gasteiger partial charge in [0, 0.05) is 43.0 Å². The minimum atomic E-state index is -0.444. The normalized spacial score (nSPS) is 20.3. The van der Waals surface area contributed by atoms with E-state index >= 15 is 0 Å². The number of ether oxygens (including phenoxy) is 1. The number of hydrogen-bond acceptors (Lipinski definition) is 7. The van der Waals surface area contributed by atoms with Gasteiger partial charge in [0.15, 0.2) is 0 Å². The zero-order valence-corrected chi connectivity index (χ0v) is 36.2. The highest BCUT2D eigenvalue weighted by atomic mass is 127. The first-order valence-electron chi connectivity index (χ1n) is 19.8. The molecule has 2 aromatic heterocycles. The number of anilines is 1. The fourth-order valence-corrected chi connectivity index (χ4v) is 9.20. The highest BCUT2D eigenvalue weighted by Gasteiger charge is 2.49.